The van der Waals surface area contributed by atoms with Gasteiger partial charge < -0.3 is 0 Å². The van der Waals surface area contributed by atoms with Crippen LogP contribution < -0.4 is 0 Å². The van der Waals surface area contributed by atoms with Crippen molar-refractivity contribution in [1.82, 2.24) is 9.97 Å². The predicted molar refractivity (Wildman–Crippen MR) is 76.8 cm³/mol. The van der Waals surface area contributed by atoms with Crippen LogP contribution in [0, 0.1) is 0 Å². The predicted octanol–water partition coefficient (Wildman–Crippen LogP) is 4.75. The Hall–Kier alpha value is -0.450. The molecule has 2 aromatic heterocycles. The van der Waals surface area contributed by atoms with Crippen molar-refractivity contribution in [3.63, 3.8) is 0 Å². The zero-order valence-corrected chi connectivity index (χ0v) is 12.8. The first-order valence-corrected chi connectivity index (χ1v) is 7.45. The quantitative estimate of drug-likeness (QED) is 0.759. The number of halogens is 2. The number of hydrogen-bond donors (Lipinski definition) is 0. The third kappa shape index (κ3) is 2.69. The lowest BCUT2D eigenvalue weighted by Crippen LogP contribution is -1.96. The molecule has 2 nitrogen and oxygen atoms in total. The lowest BCUT2D eigenvalue weighted by Gasteiger charge is -2.04. The molecule has 5 heteroatoms. The van der Waals surface area contributed by atoms with Crippen molar-refractivity contribution in [3.05, 3.63) is 32.3 Å². The van der Waals surface area contributed by atoms with Gasteiger partial charge in [0.2, 0.25) is 0 Å². The zero-order valence-electron chi connectivity index (χ0n) is 9.63. The zero-order chi connectivity index (χ0) is 12.4. The van der Waals surface area contributed by atoms with Gasteiger partial charge in [0.25, 0.3) is 0 Å². The summed E-state index contributed by atoms with van der Waals surface area (Å²) in [6, 6.07) is 4.17. The number of aromatic nitrogens is 2. The summed E-state index contributed by atoms with van der Waals surface area (Å²) in [7, 11) is 0. The van der Waals surface area contributed by atoms with E-state index in [-0.39, 0.29) is 0 Å². The first-order chi connectivity index (χ1) is 8.15. The summed E-state index contributed by atoms with van der Waals surface area (Å²) in [6.45, 7) is 4.20. The van der Waals surface area contributed by atoms with E-state index in [1.165, 1.54) is 4.88 Å². The standard InChI is InChI=1S/C12H12BrClN2S/c1-3-7-5-6-9(17-7)12-15-8(4-2)10(13)11(14)16-12/h5-6H,3-4H2,1-2H3. The average Bonchev–Trinajstić information content (AvgIpc) is 2.81. The highest BCUT2D eigenvalue weighted by atomic mass is 79.9. The molecule has 0 aliphatic heterocycles. The maximum absolute atomic E-state index is 6.09. The van der Waals surface area contributed by atoms with Crippen LogP contribution in [0.1, 0.15) is 24.4 Å². The van der Waals surface area contributed by atoms with Crippen LogP contribution in [-0.4, -0.2) is 9.97 Å². The number of thiophene rings is 1. The fourth-order valence-electron chi connectivity index (χ4n) is 1.50. The van der Waals surface area contributed by atoms with Crippen LogP contribution in [0.3, 0.4) is 0 Å². The second-order valence-corrected chi connectivity index (χ2v) is 5.89. The highest BCUT2D eigenvalue weighted by Crippen LogP contribution is 2.30. The van der Waals surface area contributed by atoms with Gasteiger partial charge in [-0.1, -0.05) is 25.4 Å². The molecule has 0 amide bonds. The van der Waals surface area contributed by atoms with Crippen molar-refractivity contribution in [2.45, 2.75) is 26.7 Å². The van der Waals surface area contributed by atoms with Crippen LogP contribution in [-0.2, 0) is 12.8 Å². The number of hydrogen-bond acceptors (Lipinski definition) is 3. The van der Waals surface area contributed by atoms with Crippen LogP contribution in [0.2, 0.25) is 5.15 Å². The fourth-order valence-corrected chi connectivity index (χ4v) is 3.02. The molecule has 0 spiro atoms. The molecule has 2 heterocycles. The van der Waals surface area contributed by atoms with Gasteiger partial charge in [-0.2, -0.15) is 0 Å². The van der Waals surface area contributed by atoms with E-state index in [2.05, 4.69) is 51.9 Å². The van der Waals surface area contributed by atoms with Gasteiger partial charge in [-0.15, -0.1) is 11.3 Å². The van der Waals surface area contributed by atoms with Gasteiger partial charge in [0.1, 0.15) is 5.15 Å². The second-order valence-electron chi connectivity index (χ2n) is 3.57. The number of rotatable bonds is 3. The molecule has 0 aliphatic carbocycles. The summed E-state index contributed by atoms with van der Waals surface area (Å²) in [5.74, 6) is 0.722. The SMILES string of the molecule is CCc1ccc(-c2nc(Cl)c(Br)c(CC)n2)s1. The minimum Gasteiger partial charge on any atom is -0.231 e. The maximum atomic E-state index is 6.09. The van der Waals surface area contributed by atoms with E-state index in [9.17, 15) is 0 Å². The van der Waals surface area contributed by atoms with Crippen LogP contribution in [0.4, 0.5) is 0 Å². The third-order valence-electron chi connectivity index (χ3n) is 2.44. The minimum atomic E-state index is 0.485. The van der Waals surface area contributed by atoms with Crippen molar-refractivity contribution in [2.24, 2.45) is 0 Å². The first-order valence-electron chi connectivity index (χ1n) is 5.46. The van der Waals surface area contributed by atoms with Crippen LogP contribution in [0.25, 0.3) is 10.7 Å². The first kappa shape index (κ1) is 13.0. The molecule has 2 aromatic rings. The van der Waals surface area contributed by atoms with E-state index in [0.29, 0.717) is 5.15 Å². The Labute approximate surface area is 118 Å². The summed E-state index contributed by atoms with van der Waals surface area (Å²) in [5.41, 5.74) is 0.950. The average molecular weight is 332 g/mol. The van der Waals surface area contributed by atoms with Crippen LogP contribution in [0.15, 0.2) is 16.6 Å². The van der Waals surface area contributed by atoms with Gasteiger partial charge in [0.05, 0.1) is 15.0 Å². The van der Waals surface area contributed by atoms with E-state index >= 15 is 0 Å². The molecule has 0 atom stereocenters. The van der Waals surface area contributed by atoms with E-state index in [4.69, 9.17) is 11.6 Å². The molecule has 0 unspecified atom stereocenters. The third-order valence-corrected chi connectivity index (χ3v) is 5.01. The van der Waals surface area contributed by atoms with Crippen LogP contribution in [0.5, 0.6) is 0 Å². The summed E-state index contributed by atoms with van der Waals surface area (Å²) in [4.78, 5) is 11.3. The molecule has 0 saturated heterocycles. The molecule has 0 N–H and O–H groups in total. The van der Waals surface area contributed by atoms with E-state index < -0.39 is 0 Å². The van der Waals surface area contributed by atoms with Gasteiger partial charge in [-0.3, -0.25) is 0 Å². The molecular weight excluding hydrogens is 320 g/mol. The Morgan fingerprint density at radius 2 is 2.00 bits per heavy atom. The number of aryl methyl sites for hydroxylation is 2. The molecule has 0 bridgehead atoms. The van der Waals surface area contributed by atoms with E-state index in [1.54, 1.807) is 11.3 Å². The minimum absolute atomic E-state index is 0.485. The topological polar surface area (TPSA) is 25.8 Å². The Kier molecular flexibility index (Phi) is 4.17. The van der Waals surface area contributed by atoms with Crippen molar-refractivity contribution < 1.29 is 0 Å². The van der Waals surface area contributed by atoms with Crippen molar-refractivity contribution in [1.29, 1.82) is 0 Å². The molecule has 0 fully saturated rings. The Balaban J connectivity index is 2.48. The van der Waals surface area contributed by atoms with Crippen molar-refractivity contribution in [2.75, 3.05) is 0 Å². The molecule has 0 saturated carbocycles. The Morgan fingerprint density at radius 3 is 2.59 bits per heavy atom. The van der Waals surface area contributed by atoms with Gasteiger partial charge in [-0.25, -0.2) is 9.97 Å². The monoisotopic (exact) mass is 330 g/mol. The highest BCUT2D eigenvalue weighted by molar-refractivity contribution is 9.10. The second kappa shape index (κ2) is 5.46. The Bertz CT molecular complexity index is 539. The van der Waals surface area contributed by atoms with Gasteiger partial charge in [-0.05, 0) is 40.9 Å². The Morgan fingerprint density at radius 1 is 1.24 bits per heavy atom. The smallest absolute Gasteiger partial charge is 0.171 e. The number of nitrogens with zero attached hydrogens (tertiary/aromatic N) is 2. The molecule has 17 heavy (non-hydrogen) atoms. The highest BCUT2D eigenvalue weighted by Gasteiger charge is 2.12. The molecule has 90 valence electrons. The van der Waals surface area contributed by atoms with Gasteiger partial charge in [0, 0.05) is 4.88 Å². The summed E-state index contributed by atoms with van der Waals surface area (Å²) >= 11 is 11.2. The maximum Gasteiger partial charge on any atom is 0.171 e. The summed E-state index contributed by atoms with van der Waals surface area (Å²) in [6.07, 6.45) is 1.87. The molecular formula is C12H12BrClN2S. The largest absolute Gasteiger partial charge is 0.231 e. The lowest BCUT2D eigenvalue weighted by molar-refractivity contribution is 0.993. The van der Waals surface area contributed by atoms with Crippen molar-refractivity contribution in [3.8, 4) is 10.7 Å². The summed E-state index contributed by atoms with van der Waals surface area (Å²) in [5, 5.41) is 0.485. The lowest BCUT2D eigenvalue weighted by atomic mass is 10.3. The van der Waals surface area contributed by atoms with Gasteiger partial charge in [0.15, 0.2) is 5.82 Å². The molecule has 0 aliphatic rings. The normalized spacial score (nSPS) is 10.8. The summed E-state index contributed by atoms with van der Waals surface area (Å²) < 4.78 is 0.803. The van der Waals surface area contributed by atoms with Crippen LogP contribution >= 0.6 is 38.9 Å². The van der Waals surface area contributed by atoms with Gasteiger partial charge >= 0.3 is 0 Å². The molecule has 0 radical (unpaired) electrons. The molecule has 0 aromatic carbocycles. The van der Waals surface area contributed by atoms with E-state index in [0.717, 1.165) is 33.7 Å². The fraction of sp³-hybridized carbons (Fsp3) is 0.333. The van der Waals surface area contributed by atoms with E-state index in [1.807, 2.05) is 0 Å². The molecule has 2 rings (SSSR count). The van der Waals surface area contributed by atoms with Crippen molar-refractivity contribution >= 4 is 38.9 Å².